The number of halogens is 1. The van der Waals surface area contributed by atoms with Gasteiger partial charge in [-0.05, 0) is 0 Å². The van der Waals surface area contributed by atoms with Gasteiger partial charge in [-0.15, -0.1) is 0 Å². The predicted molar refractivity (Wildman–Crippen MR) is 158 cm³/mol. The summed E-state index contributed by atoms with van der Waals surface area (Å²) in [6, 6.07) is 0. The van der Waals surface area contributed by atoms with Crippen LogP contribution in [0.2, 0.25) is 0 Å². The minimum absolute atomic E-state index is 0.122. The summed E-state index contributed by atoms with van der Waals surface area (Å²) in [5, 5.41) is 0. The van der Waals surface area contributed by atoms with Crippen molar-refractivity contribution in [3.63, 3.8) is 0 Å². The first-order valence-electron chi connectivity index (χ1n) is 13.4. The van der Waals surface area contributed by atoms with E-state index in [4.69, 9.17) is 33.3 Å². The van der Waals surface area contributed by atoms with Crippen LogP contribution in [0.15, 0.2) is 37.7 Å². The maximum atomic E-state index is 16.1. The predicted octanol–water partition coefficient (Wildman–Crippen LogP) is 2.92. The third-order valence-corrected chi connectivity index (χ3v) is 11.0. The highest BCUT2D eigenvalue weighted by Crippen LogP contribution is 2.60. The standard InChI is InChI=1S/C22H23FN10O8P2S2/c23-14-17-12(39-22(14)33-9-29-16-19-25-1-2-31(19)7-30-21(16)33)5-37-42(34,44)40-10-3-13(38-11(10)4-36-43(35,45)41-17)32-8-28-15-18(24)26-6-27-20(15)32/h1-2,6-14,17,22H,3-5H2,(H,34,44)(H,35,45)(H2,24,26,27)/t10-,11+,12+,13+,14+,17+,22+,42?,43?/m0/s1. The lowest BCUT2D eigenvalue weighted by Crippen LogP contribution is -2.35. The zero-order chi connectivity index (χ0) is 31.1. The summed E-state index contributed by atoms with van der Waals surface area (Å²) < 4.78 is 82.2. The first-order valence-corrected chi connectivity index (χ1v) is 18.8. The largest absolute Gasteiger partial charge is 0.386 e. The summed E-state index contributed by atoms with van der Waals surface area (Å²) >= 11 is 8.24. The number of fused-ring (bicyclic) bond motifs is 6. The van der Waals surface area contributed by atoms with Gasteiger partial charge >= 0.3 is 13.6 Å². The second-order valence-electron chi connectivity index (χ2n) is 10.4. The molecule has 3 aliphatic heterocycles. The quantitative estimate of drug-likeness (QED) is 0.179. The normalized spacial score (nSPS) is 36.2. The Hall–Kier alpha value is -2.71. The van der Waals surface area contributed by atoms with Gasteiger partial charge in [0.2, 0.25) is 0 Å². The highest BCUT2D eigenvalue weighted by molar-refractivity contribution is 8.44. The van der Waals surface area contributed by atoms with Gasteiger partial charge in [-0.3, -0.25) is 31.6 Å². The first kappa shape index (κ1) is 29.7. The van der Waals surface area contributed by atoms with Crippen molar-refractivity contribution in [2.45, 2.75) is 49.5 Å². The van der Waals surface area contributed by atoms with Gasteiger partial charge in [-0.25, -0.2) is 43.4 Å². The summed E-state index contributed by atoms with van der Waals surface area (Å²) in [5.74, 6) is 0.179. The molecule has 18 nitrogen and oxygen atoms in total. The molecule has 45 heavy (non-hydrogen) atoms. The van der Waals surface area contributed by atoms with E-state index in [1.165, 1.54) is 29.9 Å². The lowest BCUT2D eigenvalue weighted by molar-refractivity contribution is -0.0540. The maximum absolute atomic E-state index is 16.1. The molecule has 2 N–H and O–H groups in total. The minimum atomic E-state index is -4.24. The van der Waals surface area contributed by atoms with Crippen LogP contribution in [0.4, 0.5) is 10.2 Å². The molecule has 2 unspecified atom stereocenters. The smallest absolute Gasteiger partial charge is 0.382 e. The maximum Gasteiger partial charge on any atom is 0.386 e. The number of hydrogen-bond donors (Lipinski definition) is 3. The topological polar surface area (TPSA) is 207 Å². The van der Waals surface area contributed by atoms with Crippen molar-refractivity contribution in [3.05, 3.63) is 37.7 Å². The molecule has 3 aliphatic rings. The molecule has 0 spiro atoms. The molecule has 0 aromatic carbocycles. The van der Waals surface area contributed by atoms with Crippen molar-refractivity contribution < 1.29 is 41.1 Å². The molecule has 5 aromatic rings. The van der Waals surface area contributed by atoms with Crippen LogP contribution in [0.3, 0.4) is 0 Å². The lowest BCUT2D eigenvalue weighted by atomic mass is 10.1. The number of hydrogen-bond acceptors (Lipinski definition) is 15. The number of alkyl halides is 1. The summed E-state index contributed by atoms with van der Waals surface area (Å²) in [6.07, 6.45) is 0.324. The molecule has 9 atom stereocenters. The summed E-state index contributed by atoms with van der Waals surface area (Å²) in [6.45, 7) is -9.26. The summed E-state index contributed by atoms with van der Waals surface area (Å²) in [5.41, 5.74) is 7.85. The Balaban J connectivity index is 1.06. The van der Waals surface area contributed by atoms with Crippen molar-refractivity contribution in [2.24, 2.45) is 0 Å². The van der Waals surface area contributed by atoms with E-state index in [1.54, 1.807) is 21.4 Å². The lowest BCUT2D eigenvalue weighted by Gasteiger charge is -2.27. The number of nitrogens with two attached hydrogens (primary N) is 1. The fourth-order valence-corrected chi connectivity index (χ4v) is 8.65. The molecule has 8 heterocycles. The molecule has 8 rings (SSSR count). The van der Waals surface area contributed by atoms with Crippen LogP contribution >= 0.6 is 38.1 Å². The molecule has 0 amide bonds. The van der Waals surface area contributed by atoms with Crippen LogP contribution in [0.1, 0.15) is 18.9 Å². The number of ether oxygens (including phenoxy) is 2. The highest BCUT2D eigenvalue weighted by atomic mass is 32.7. The molecule has 3 saturated heterocycles. The molecular weight excluding hydrogens is 677 g/mol. The number of anilines is 1. The molecule has 0 saturated carbocycles. The fraction of sp³-hybridized carbons (Fsp3) is 0.455. The van der Waals surface area contributed by atoms with E-state index in [2.05, 4.69) is 54.4 Å². The molecule has 0 bridgehead atoms. The van der Waals surface area contributed by atoms with E-state index in [0.29, 0.717) is 22.3 Å². The van der Waals surface area contributed by atoms with Crippen molar-refractivity contribution in [2.75, 3.05) is 18.9 Å². The zero-order valence-corrected chi connectivity index (χ0v) is 26.2. The number of rotatable bonds is 2. The molecule has 3 fully saturated rings. The molecular formula is C22H23FN10O8P2S2. The van der Waals surface area contributed by atoms with Crippen LogP contribution in [0, 0.1) is 0 Å². The van der Waals surface area contributed by atoms with Crippen molar-refractivity contribution in [1.29, 1.82) is 0 Å². The zero-order valence-electron chi connectivity index (χ0n) is 22.7. The van der Waals surface area contributed by atoms with Gasteiger partial charge in [-0.2, -0.15) is 0 Å². The number of nitrogen functional groups attached to an aromatic ring is 1. The van der Waals surface area contributed by atoms with Gasteiger partial charge in [0, 0.05) is 18.8 Å². The molecule has 0 radical (unpaired) electrons. The van der Waals surface area contributed by atoms with Gasteiger partial charge < -0.3 is 15.2 Å². The third-order valence-electron chi connectivity index (χ3n) is 7.70. The fourth-order valence-electron chi connectivity index (χ4n) is 5.64. The van der Waals surface area contributed by atoms with Gasteiger partial charge in [0.05, 0.1) is 25.9 Å². The number of nitrogens with zero attached hydrogens (tertiary/aromatic N) is 9. The van der Waals surface area contributed by atoms with E-state index < -0.39 is 69.9 Å². The summed E-state index contributed by atoms with van der Waals surface area (Å²) in [7, 11) is 0. The minimum Gasteiger partial charge on any atom is -0.382 e. The van der Waals surface area contributed by atoms with Crippen LogP contribution in [0.5, 0.6) is 0 Å². The van der Waals surface area contributed by atoms with Gasteiger partial charge in [0.15, 0.2) is 40.7 Å². The van der Waals surface area contributed by atoms with E-state index in [1.807, 2.05) is 0 Å². The number of thiol groups is 2. The Bertz CT molecular complexity index is 2030. The average molecular weight is 701 g/mol. The van der Waals surface area contributed by atoms with Gasteiger partial charge in [-0.1, -0.05) is 24.5 Å². The number of imidazole rings is 3. The Morgan fingerprint density at radius 3 is 2.40 bits per heavy atom. The van der Waals surface area contributed by atoms with E-state index >= 15 is 4.39 Å². The van der Waals surface area contributed by atoms with Gasteiger partial charge in [0.1, 0.15) is 48.8 Å². The Labute approximate surface area is 262 Å². The van der Waals surface area contributed by atoms with Crippen LogP contribution in [-0.2, 0) is 36.7 Å². The third kappa shape index (κ3) is 5.24. The van der Waals surface area contributed by atoms with E-state index in [-0.39, 0.29) is 17.9 Å². The SMILES string of the molecule is Nc1ncnc2c1ncn2[C@H]1C[C@@H]2OP(=O)(S)OC[C@H]3O[C@@H](n4cnc5c4ncn4ccnc54)[C@H](F)[C@@H]3OP(=O)(S)OC[C@H]2O1. The van der Waals surface area contributed by atoms with E-state index in [0.717, 1.165) is 0 Å². The Kier molecular flexibility index (Phi) is 7.21. The summed E-state index contributed by atoms with van der Waals surface area (Å²) in [4.78, 5) is 25.3. The Morgan fingerprint density at radius 1 is 0.822 bits per heavy atom. The van der Waals surface area contributed by atoms with Gasteiger partial charge in [0.25, 0.3) is 0 Å². The van der Waals surface area contributed by atoms with Crippen molar-refractivity contribution >= 4 is 71.9 Å². The molecule has 238 valence electrons. The molecule has 5 aromatic heterocycles. The molecule has 23 heteroatoms. The Morgan fingerprint density at radius 2 is 1.56 bits per heavy atom. The van der Waals surface area contributed by atoms with Crippen LogP contribution in [-0.4, -0.2) is 87.2 Å². The second kappa shape index (κ2) is 10.9. The second-order valence-corrected chi connectivity index (χ2v) is 16.2. The van der Waals surface area contributed by atoms with Crippen molar-refractivity contribution in [3.8, 4) is 0 Å². The monoisotopic (exact) mass is 700 g/mol. The highest BCUT2D eigenvalue weighted by Gasteiger charge is 2.52. The average Bonchev–Trinajstić information content (AvgIpc) is 3.81. The first-order chi connectivity index (χ1) is 21.6. The number of aromatic nitrogens is 9. The van der Waals surface area contributed by atoms with Crippen LogP contribution < -0.4 is 5.73 Å². The van der Waals surface area contributed by atoms with E-state index in [9.17, 15) is 9.13 Å². The van der Waals surface area contributed by atoms with Crippen molar-refractivity contribution in [1.82, 2.24) is 43.4 Å². The molecule has 0 aliphatic carbocycles. The van der Waals surface area contributed by atoms with Crippen LogP contribution in [0.25, 0.3) is 28.0 Å².